The normalized spacial score (nSPS) is 10.7. The van der Waals surface area contributed by atoms with Crippen molar-refractivity contribution in [1.29, 1.82) is 0 Å². The number of nitrogens with zero attached hydrogens (tertiary/aromatic N) is 1. The SMILES string of the molecule is Cc1ccc(C(=O)NN=Cc2ccccc2O)cc1C. The molecule has 0 radical (unpaired) electrons. The highest BCUT2D eigenvalue weighted by atomic mass is 16.3. The summed E-state index contributed by atoms with van der Waals surface area (Å²) in [4.78, 5) is 11.9. The quantitative estimate of drug-likeness (QED) is 0.664. The second-order valence-corrected chi connectivity index (χ2v) is 4.56. The smallest absolute Gasteiger partial charge is 0.271 e. The number of carbonyl (C=O) groups excluding carboxylic acids is 1. The van der Waals surface area contributed by atoms with Gasteiger partial charge < -0.3 is 5.11 Å². The fourth-order valence-electron chi connectivity index (χ4n) is 1.70. The summed E-state index contributed by atoms with van der Waals surface area (Å²) in [5, 5.41) is 13.4. The van der Waals surface area contributed by atoms with Crippen molar-refractivity contribution in [3.8, 4) is 5.75 Å². The summed E-state index contributed by atoms with van der Waals surface area (Å²) in [5.74, 6) is -0.156. The standard InChI is InChI=1S/C16H16N2O2/c1-11-7-8-13(9-12(11)2)16(20)18-17-10-14-5-3-4-6-15(14)19/h3-10,19H,1-2H3,(H,18,20). The van der Waals surface area contributed by atoms with Gasteiger partial charge in [0.1, 0.15) is 5.75 Å². The van der Waals surface area contributed by atoms with Crippen LogP contribution in [0.5, 0.6) is 5.75 Å². The number of amides is 1. The molecule has 0 aromatic heterocycles. The lowest BCUT2D eigenvalue weighted by molar-refractivity contribution is 0.0955. The van der Waals surface area contributed by atoms with E-state index in [1.807, 2.05) is 26.0 Å². The van der Waals surface area contributed by atoms with E-state index in [2.05, 4.69) is 10.5 Å². The predicted molar refractivity (Wildman–Crippen MR) is 79.1 cm³/mol. The maximum Gasteiger partial charge on any atom is 0.271 e. The van der Waals surface area contributed by atoms with Gasteiger partial charge in [0.15, 0.2) is 0 Å². The van der Waals surface area contributed by atoms with Crippen LogP contribution in [-0.2, 0) is 0 Å². The number of rotatable bonds is 3. The number of nitrogens with one attached hydrogen (secondary N) is 1. The Morgan fingerprint density at radius 2 is 1.90 bits per heavy atom. The van der Waals surface area contributed by atoms with Gasteiger partial charge in [0, 0.05) is 11.1 Å². The van der Waals surface area contributed by atoms with Crippen LogP contribution in [0.15, 0.2) is 47.6 Å². The van der Waals surface area contributed by atoms with E-state index >= 15 is 0 Å². The van der Waals surface area contributed by atoms with Gasteiger partial charge in [-0.2, -0.15) is 5.10 Å². The largest absolute Gasteiger partial charge is 0.507 e. The van der Waals surface area contributed by atoms with Gasteiger partial charge in [0.25, 0.3) is 5.91 Å². The van der Waals surface area contributed by atoms with Crippen LogP contribution in [0, 0.1) is 13.8 Å². The Labute approximate surface area is 117 Å². The van der Waals surface area contributed by atoms with E-state index in [1.165, 1.54) is 6.21 Å². The number of aryl methyl sites for hydroxylation is 2. The van der Waals surface area contributed by atoms with Crippen LogP contribution in [0.25, 0.3) is 0 Å². The molecule has 2 N–H and O–H groups in total. The van der Waals surface area contributed by atoms with Crippen LogP contribution in [0.4, 0.5) is 0 Å². The van der Waals surface area contributed by atoms with Gasteiger partial charge in [-0.25, -0.2) is 5.43 Å². The van der Waals surface area contributed by atoms with E-state index in [1.54, 1.807) is 30.3 Å². The van der Waals surface area contributed by atoms with Crippen LogP contribution in [0.1, 0.15) is 27.0 Å². The minimum atomic E-state index is -0.278. The lowest BCUT2D eigenvalue weighted by Gasteiger charge is -2.04. The molecule has 0 atom stereocenters. The van der Waals surface area contributed by atoms with Crippen molar-refractivity contribution in [2.45, 2.75) is 13.8 Å². The summed E-state index contributed by atoms with van der Waals surface area (Å²) in [7, 11) is 0. The second kappa shape index (κ2) is 6.02. The zero-order valence-electron chi connectivity index (χ0n) is 11.4. The molecule has 0 saturated heterocycles. The zero-order chi connectivity index (χ0) is 14.5. The highest BCUT2D eigenvalue weighted by Gasteiger charge is 2.05. The first kappa shape index (κ1) is 13.8. The van der Waals surface area contributed by atoms with Crippen molar-refractivity contribution in [3.05, 3.63) is 64.7 Å². The molecular formula is C16H16N2O2. The van der Waals surface area contributed by atoms with Gasteiger partial charge >= 0.3 is 0 Å². The first-order chi connectivity index (χ1) is 9.58. The summed E-state index contributed by atoms with van der Waals surface area (Å²) in [5.41, 5.74) is 5.74. The number of para-hydroxylation sites is 1. The number of carbonyl (C=O) groups is 1. The van der Waals surface area contributed by atoms with E-state index in [-0.39, 0.29) is 11.7 Å². The Bertz CT molecular complexity index is 663. The molecule has 0 aliphatic heterocycles. The summed E-state index contributed by atoms with van der Waals surface area (Å²) >= 11 is 0. The van der Waals surface area contributed by atoms with Crippen molar-refractivity contribution < 1.29 is 9.90 Å². The highest BCUT2D eigenvalue weighted by molar-refractivity contribution is 5.95. The third-order valence-corrected chi connectivity index (χ3v) is 3.08. The monoisotopic (exact) mass is 268 g/mol. The summed E-state index contributed by atoms with van der Waals surface area (Å²) < 4.78 is 0. The fraction of sp³-hybridized carbons (Fsp3) is 0.125. The molecule has 0 aliphatic carbocycles. The number of aromatic hydroxyl groups is 1. The van der Waals surface area contributed by atoms with Gasteiger partial charge in [-0.3, -0.25) is 4.79 Å². The number of hydrogen-bond acceptors (Lipinski definition) is 3. The third-order valence-electron chi connectivity index (χ3n) is 3.08. The molecule has 20 heavy (non-hydrogen) atoms. The molecule has 2 aromatic carbocycles. The maximum atomic E-state index is 11.9. The van der Waals surface area contributed by atoms with Crippen LogP contribution < -0.4 is 5.43 Å². The molecular weight excluding hydrogens is 252 g/mol. The van der Waals surface area contributed by atoms with E-state index < -0.39 is 0 Å². The van der Waals surface area contributed by atoms with Gasteiger partial charge in [0.2, 0.25) is 0 Å². The summed E-state index contributed by atoms with van der Waals surface area (Å²) in [6.45, 7) is 3.95. The van der Waals surface area contributed by atoms with Crippen LogP contribution in [0.2, 0.25) is 0 Å². The highest BCUT2D eigenvalue weighted by Crippen LogP contribution is 2.12. The Balaban J connectivity index is 2.05. The molecule has 0 unspecified atom stereocenters. The molecule has 2 rings (SSSR count). The van der Waals surface area contributed by atoms with Crippen LogP contribution in [0.3, 0.4) is 0 Å². The van der Waals surface area contributed by atoms with Crippen molar-refractivity contribution in [1.82, 2.24) is 5.43 Å². The van der Waals surface area contributed by atoms with Crippen LogP contribution >= 0.6 is 0 Å². The number of phenols is 1. The summed E-state index contributed by atoms with van der Waals surface area (Å²) in [6.07, 6.45) is 1.41. The van der Waals surface area contributed by atoms with Crippen molar-refractivity contribution in [2.24, 2.45) is 5.10 Å². The molecule has 4 heteroatoms. The molecule has 102 valence electrons. The van der Waals surface area contributed by atoms with Gasteiger partial charge in [-0.15, -0.1) is 0 Å². The molecule has 0 saturated carbocycles. The molecule has 0 heterocycles. The van der Waals surface area contributed by atoms with Gasteiger partial charge in [0.05, 0.1) is 6.21 Å². The zero-order valence-corrected chi connectivity index (χ0v) is 11.4. The Kier molecular flexibility index (Phi) is 4.15. The number of phenolic OH excluding ortho intramolecular Hbond substituents is 1. The van der Waals surface area contributed by atoms with Gasteiger partial charge in [-0.05, 0) is 49.2 Å². The average molecular weight is 268 g/mol. The Hall–Kier alpha value is -2.62. The molecule has 0 spiro atoms. The van der Waals surface area contributed by atoms with E-state index in [0.717, 1.165) is 11.1 Å². The number of hydrogen-bond donors (Lipinski definition) is 2. The average Bonchev–Trinajstić information content (AvgIpc) is 2.44. The fourth-order valence-corrected chi connectivity index (χ4v) is 1.70. The topological polar surface area (TPSA) is 61.7 Å². The lowest BCUT2D eigenvalue weighted by atomic mass is 10.1. The molecule has 0 fully saturated rings. The van der Waals surface area contributed by atoms with E-state index in [4.69, 9.17) is 0 Å². The van der Waals surface area contributed by atoms with Crippen LogP contribution in [-0.4, -0.2) is 17.2 Å². The molecule has 1 amide bonds. The first-order valence-corrected chi connectivity index (χ1v) is 6.26. The second-order valence-electron chi connectivity index (χ2n) is 4.56. The minimum absolute atomic E-state index is 0.122. The number of benzene rings is 2. The Morgan fingerprint density at radius 1 is 1.15 bits per heavy atom. The predicted octanol–water partition coefficient (Wildman–Crippen LogP) is 2.77. The first-order valence-electron chi connectivity index (χ1n) is 6.26. The summed E-state index contributed by atoms with van der Waals surface area (Å²) in [6, 6.07) is 12.3. The maximum absolute atomic E-state index is 11.9. The van der Waals surface area contributed by atoms with Crippen molar-refractivity contribution in [2.75, 3.05) is 0 Å². The molecule has 0 bridgehead atoms. The van der Waals surface area contributed by atoms with E-state index in [0.29, 0.717) is 11.1 Å². The number of hydrazone groups is 1. The molecule has 2 aromatic rings. The lowest BCUT2D eigenvalue weighted by Crippen LogP contribution is -2.17. The third kappa shape index (κ3) is 3.23. The van der Waals surface area contributed by atoms with Gasteiger partial charge in [-0.1, -0.05) is 18.2 Å². The van der Waals surface area contributed by atoms with E-state index in [9.17, 15) is 9.90 Å². The molecule has 4 nitrogen and oxygen atoms in total. The van der Waals surface area contributed by atoms with Crippen molar-refractivity contribution >= 4 is 12.1 Å². The Morgan fingerprint density at radius 3 is 2.60 bits per heavy atom. The minimum Gasteiger partial charge on any atom is -0.507 e. The van der Waals surface area contributed by atoms with Crippen molar-refractivity contribution in [3.63, 3.8) is 0 Å². The molecule has 0 aliphatic rings.